The predicted octanol–water partition coefficient (Wildman–Crippen LogP) is 4.51. The highest BCUT2D eigenvalue weighted by Crippen LogP contribution is 2.14. The van der Waals surface area contributed by atoms with E-state index >= 15 is 0 Å². The fourth-order valence-electron chi connectivity index (χ4n) is 4.30. The summed E-state index contributed by atoms with van der Waals surface area (Å²) in [5.74, 6) is 0.0662. The van der Waals surface area contributed by atoms with E-state index in [0.29, 0.717) is 31.2 Å². The number of hydrogen-bond acceptors (Lipinski definition) is 5. The summed E-state index contributed by atoms with van der Waals surface area (Å²) in [4.78, 5) is 32.4. The third-order valence-electron chi connectivity index (χ3n) is 6.49. The summed E-state index contributed by atoms with van der Waals surface area (Å²) in [5.41, 5.74) is 2.55. The van der Waals surface area contributed by atoms with Gasteiger partial charge in [0, 0.05) is 38.4 Å². The van der Waals surface area contributed by atoms with Crippen LogP contribution in [0.3, 0.4) is 0 Å². The number of ether oxygens (including phenoxy) is 1. The molecule has 3 aromatic rings. The van der Waals surface area contributed by atoms with E-state index in [1.54, 1.807) is 40.3 Å². The molecule has 38 heavy (non-hydrogen) atoms. The van der Waals surface area contributed by atoms with E-state index in [-0.39, 0.29) is 37.4 Å². The van der Waals surface area contributed by atoms with Crippen molar-refractivity contribution in [3.8, 4) is 0 Å². The Bertz CT molecular complexity index is 1150. The van der Waals surface area contributed by atoms with Crippen LogP contribution in [0.5, 0.6) is 0 Å². The minimum absolute atomic E-state index is 0.0945. The second-order valence-corrected chi connectivity index (χ2v) is 9.48. The van der Waals surface area contributed by atoms with E-state index in [0.717, 1.165) is 37.2 Å². The van der Waals surface area contributed by atoms with Crippen LogP contribution in [0.2, 0.25) is 0 Å². The van der Waals surface area contributed by atoms with Crippen molar-refractivity contribution in [1.82, 2.24) is 14.7 Å². The van der Waals surface area contributed by atoms with Gasteiger partial charge in [0.05, 0.1) is 26.0 Å². The van der Waals surface area contributed by atoms with E-state index in [9.17, 15) is 14.0 Å². The topological polar surface area (TPSA) is 78.3 Å². The first-order valence-corrected chi connectivity index (χ1v) is 12.9. The number of carbonyl (C=O) groups is 2. The van der Waals surface area contributed by atoms with Crippen LogP contribution in [0.4, 0.5) is 14.9 Å². The van der Waals surface area contributed by atoms with Crippen molar-refractivity contribution in [1.29, 1.82) is 0 Å². The van der Waals surface area contributed by atoms with Crippen molar-refractivity contribution in [3.63, 3.8) is 0 Å². The van der Waals surface area contributed by atoms with Crippen molar-refractivity contribution >= 4 is 17.6 Å². The number of furan rings is 1. The Labute approximate surface area is 223 Å². The first-order chi connectivity index (χ1) is 18.5. The molecule has 1 N–H and O–H groups in total. The van der Waals surface area contributed by atoms with Gasteiger partial charge in [-0.3, -0.25) is 9.69 Å². The number of anilines is 1. The predicted molar refractivity (Wildman–Crippen MR) is 143 cm³/mol. The van der Waals surface area contributed by atoms with E-state index in [1.165, 1.54) is 12.1 Å². The first kappa shape index (κ1) is 27.3. The lowest BCUT2D eigenvalue weighted by Crippen LogP contribution is -2.45. The lowest BCUT2D eigenvalue weighted by Gasteiger charge is -2.30. The van der Waals surface area contributed by atoms with Gasteiger partial charge in [-0.15, -0.1) is 0 Å². The highest BCUT2D eigenvalue weighted by molar-refractivity contribution is 5.92. The van der Waals surface area contributed by atoms with Crippen LogP contribution in [0.15, 0.2) is 71.3 Å². The average Bonchev–Trinajstić information content (AvgIpc) is 3.44. The molecule has 0 saturated carbocycles. The molecule has 2 aromatic carbocycles. The molecular weight excluding hydrogens is 487 g/mol. The van der Waals surface area contributed by atoms with Crippen LogP contribution < -0.4 is 5.32 Å². The molecule has 8 nitrogen and oxygen atoms in total. The van der Waals surface area contributed by atoms with Gasteiger partial charge in [-0.05, 0) is 55.3 Å². The second kappa shape index (κ2) is 13.7. The number of nitrogens with zero attached hydrogens (tertiary/aromatic N) is 3. The molecule has 2 heterocycles. The van der Waals surface area contributed by atoms with Crippen LogP contribution >= 0.6 is 0 Å². The average molecular weight is 523 g/mol. The van der Waals surface area contributed by atoms with Crippen LogP contribution in [-0.4, -0.2) is 72.6 Å². The zero-order valence-electron chi connectivity index (χ0n) is 21.8. The number of halogens is 1. The van der Waals surface area contributed by atoms with Crippen molar-refractivity contribution in [3.05, 3.63) is 89.6 Å². The van der Waals surface area contributed by atoms with Gasteiger partial charge in [-0.2, -0.15) is 0 Å². The number of aryl methyl sites for hydroxylation is 1. The molecule has 0 spiro atoms. The lowest BCUT2D eigenvalue weighted by atomic mass is 10.2. The van der Waals surface area contributed by atoms with Gasteiger partial charge >= 0.3 is 6.03 Å². The molecule has 1 aliphatic rings. The van der Waals surface area contributed by atoms with Gasteiger partial charge in [0.2, 0.25) is 5.91 Å². The summed E-state index contributed by atoms with van der Waals surface area (Å²) >= 11 is 0. The van der Waals surface area contributed by atoms with Crippen LogP contribution in [-0.2, 0) is 22.6 Å². The Morgan fingerprint density at radius 3 is 2.39 bits per heavy atom. The fraction of sp³-hybridized carbons (Fsp3) is 0.379. The number of rotatable bonds is 11. The number of morpholine rings is 1. The molecule has 1 saturated heterocycles. The molecule has 1 aromatic heterocycles. The summed E-state index contributed by atoms with van der Waals surface area (Å²) < 4.78 is 24.3. The number of urea groups is 1. The zero-order chi connectivity index (χ0) is 26.7. The fourth-order valence-corrected chi connectivity index (χ4v) is 4.30. The molecule has 3 amide bonds. The maximum Gasteiger partial charge on any atom is 0.322 e. The molecule has 0 radical (unpaired) electrons. The highest BCUT2D eigenvalue weighted by atomic mass is 19.1. The summed E-state index contributed by atoms with van der Waals surface area (Å²) in [5, 5.41) is 2.93. The van der Waals surface area contributed by atoms with Crippen molar-refractivity contribution in [2.24, 2.45) is 0 Å². The number of hydrogen-bond donors (Lipinski definition) is 1. The van der Waals surface area contributed by atoms with E-state index < -0.39 is 0 Å². The monoisotopic (exact) mass is 522 g/mol. The maximum absolute atomic E-state index is 13.6. The Morgan fingerprint density at radius 2 is 1.71 bits per heavy atom. The molecule has 202 valence electrons. The van der Waals surface area contributed by atoms with Crippen LogP contribution in [0.1, 0.15) is 23.3 Å². The SMILES string of the molecule is Cc1ccc(NC(=O)N(CCCN2CCOCC2)CC(=O)N(Cc2ccc(F)cc2)Cc2ccco2)cc1. The summed E-state index contributed by atoms with van der Waals surface area (Å²) in [6.45, 7) is 6.78. The minimum Gasteiger partial charge on any atom is -0.467 e. The summed E-state index contributed by atoms with van der Waals surface area (Å²) in [6, 6.07) is 16.8. The van der Waals surface area contributed by atoms with Gasteiger partial charge < -0.3 is 24.3 Å². The zero-order valence-corrected chi connectivity index (χ0v) is 21.8. The molecule has 0 atom stereocenters. The number of carbonyl (C=O) groups excluding carboxylic acids is 2. The van der Waals surface area contributed by atoms with Gasteiger partial charge in [-0.25, -0.2) is 9.18 Å². The van der Waals surface area contributed by atoms with Crippen molar-refractivity contribution in [2.45, 2.75) is 26.4 Å². The minimum atomic E-state index is -0.336. The molecule has 1 fully saturated rings. The normalized spacial score (nSPS) is 13.7. The van der Waals surface area contributed by atoms with E-state index in [1.807, 2.05) is 31.2 Å². The Hall–Kier alpha value is -3.69. The summed E-state index contributed by atoms with van der Waals surface area (Å²) in [6.07, 6.45) is 2.29. The maximum atomic E-state index is 13.6. The number of nitrogens with one attached hydrogen (secondary N) is 1. The molecule has 9 heteroatoms. The summed E-state index contributed by atoms with van der Waals surface area (Å²) in [7, 11) is 0. The second-order valence-electron chi connectivity index (χ2n) is 9.48. The highest BCUT2D eigenvalue weighted by Gasteiger charge is 2.23. The smallest absolute Gasteiger partial charge is 0.322 e. The van der Waals surface area contributed by atoms with Crippen LogP contribution in [0.25, 0.3) is 0 Å². The molecule has 0 aliphatic carbocycles. The van der Waals surface area contributed by atoms with E-state index in [4.69, 9.17) is 9.15 Å². The lowest BCUT2D eigenvalue weighted by molar-refractivity contribution is -0.133. The Morgan fingerprint density at radius 1 is 0.974 bits per heavy atom. The molecule has 1 aliphatic heterocycles. The quantitative estimate of drug-likeness (QED) is 0.401. The number of amides is 3. The first-order valence-electron chi connectivity index (χ1n) is 12.9. The van der Waals surface area contributed by atoms with Gasteiger partial charge in [-0.1, -0.05) is 29.8 Å². The van der Waals surface area contributed by atoms with Gasteiger partial charge in [0.25, 0.3) is 0 Å². The van der Waals surface area contributed by atoms with Crippen LogP contribution in [0, 0.1) is 12.7 Å². The van der Waals surface area contributed by atoms with Crippen molar-refractivity contribution < 1.29 is 23.1 Å². The standard InChI is InChI=1S/C29H35FN4O4/c1-23-5-11-26(12-6-23)31-29(36)33(14-3-13-32-15-18-37-19-16-32)22-28(35)34(21-27-4-2-17-38-27)20-24-7-9-25(30)10-8-24/h2,4-12,17H,3,13-16,18-22H2,1H3,(H,31,36). The largest absolute Gasteiger partial charge is 0.467 e. The van der Waals surface area contributed by atoms with Crippen molar-refractivity contribution in [2.75, 3.05) is 51.3 Å². The third-order valence-corrected chi connectivity index (χ3v) is 6.49. The Balaban J connectivity index is 1.46. The Kier molecular flexibility index (Phi) is 9.89. The van der Waals surface area contributed by atoms with Gasteiger partial charge in [0.1, 0.15) is 18.1 Å². The molecular formula is C29H35FN4O4. The number of benzene rings is 2. The van der Waals surface area contributed by atoms with Gasteiger partial charge in [0.15, 0.2) is 0 Å². The van der Waals surface area contributed by atoms with E-state index in [2.05, 4.69) is 10.2 Å². The molecule has 0 bridgehead atoms. The molecule has 0 unspecified atom stereocenters. The molecule has 4 rings (SSSR count). The third kappa shape index (κ3) is 8.43.